The van der Waals surface area contributed by atoms with Gasteiger partial charge in [0.15, 0.2) is 0 Å². The Morgan fingerprint density at radius 2 is 1.85 bits per heavy atom. The van der Waals surface area contributed by atoms with Crippen molar-refractivity contribution in [2.24, 2.45) is 11.8 Å². The summed E-state index contributed by atoms with van der Waals surface area (Å²) in [6, 6.07) is 3.40. The van der Waals surface area contributed by atoms with E-state index in [4.69, 9.17) is 5.73 Å². The summed E-state index contributed by atoms with van der Waals surface area (Å²) in [5.41, 5.74) is 8.04. The number of rotatable bonds is 2. The van der Waals surface area contributed by atoms with Gasteiger partial charge in [0.05, 0.1) is 4.90 Å². The van der Waals surface area contributed by atoms with Crippen LogP contribution in [0.15, 0.2) is 17.0 Å². The quantitative estimate of drug-likeness (QED) is 0.853. The van der Waals surface area contributed by atoms with Crippen LogP contribution < -0.4 is 5.73 Å². The molecule has 1 aliphatic heterocycles. The number of nitrogen functional groups attached to an aromatic ring is 1. The summed E-state index contributed by atoms with van der Waals surface area (Å²) in [5, 5.41) is 0. The van der Waals surface area contributed by atoms with E-state index in [2.05, 4.69) is 13.8 Å². The number of sulfonamides is 1. The second kappa shape index (κ2) is 5.37. The van der Waals surface area contributed by atoms with Crippen molar-refractivity contribution in [1.29, 1.82) is 0 Å². The molecule has 5 heteroatoms. The molecule has 0 bridgehead atoms. The van der Waals surface area contributed by atoms with Crippen molar-refractivity contribution < 1.29 is 8.42 Å². The summed E-state index contributed by atoms with van der Waals surface area (Å²) in [5.74, 6) is 0.964. The van der Waals surface area contributed by atoms with Crippen molar-refractivity contribution in [2.45, 2.75) is 39.0 Å². The largest absolute Gasteiger partial charge is 0.399 e. The van der Waals surface area contributed by atoms with Gasteiger partial charge in [0.1, 0.15) is 0 Å². The fraction of sp³-hybridized carbons (Fsp3) is 0.600. The third-order valence-electron chi connectivity index (χ3n) is 4.56. The molecular weight excluding hydrogens is 272 g/mol. The van der Waals surface area contributed by atoms with Crippen LogP contribution in [0.3, 0.4) is 0 Å². The first kappa shape index (κ1) is 15.3. The first-order chi connectivity index (χ1) is 9.23. The minimum atomic E-state index is -3.44. The Labute approximate surface area is 122 Å². The zero-order valence-electron chi connectivity index (χ0n) is 12.7. The highest BCUT2D eigenvalue weighted by molar-refractivity contribution is 7.89. The molecular formula is C15H24N2O2S. The number of nitrogens with zero attached hydrogens (tertiary/aromatic N) is 1. The van der Waals surface area contributed by atoms with Crippen molar-refractivity contribution in [3.05, 3.63) is 23.3 Å². The van der Waals surface area contributed by atoms with Crippen LogP contribution in [0, 0.1) is 25.7 Å². The van der Waals surface area contributed by atoms with Gasteiger partial charge in [-0.05, 0) is 55.4 Å². The summed E-state index contributed by atoms with van der Waals surface area (Å²) in [7, 11) is -3.44. The zero-order chi connectivity index (χ0) is 15.1. The number of hydrogen-bond acceptors (Lipinski definition) is 3. The first-order valence-electron chi connectivity index (χ1n) is 7.10. The fourth-order valence-electron chi connectivity index (χ4n) is 2.70. The van der Waals surface area contributed by atoms with Gasteiger partial charge in [-0.15, -0.1) is 0 Å². The Morgan fingerprint density at radius 3 is 2.45 bits per heavy atom. The predicted molar refractivity (Wildman–Crippen MR) is 82.0 cm³/mol. The lowest BCUT2D eigenvalue weighted by Gasteiger charge is -2.34. The maximum atomic E-state index is 12.8. The molecule has 0 amide bonds. The van der Waals surface area contributed by atoms with Crippen molar-refractivity contribution in [3.63, 3.8) is 0 Å². The molecule has 1 aromatic rings. The van der Waals surface area contributed by atoms with Crippen molar-refractivity contribution in [1.82, 2.24) is 4.31 Å². The lowest BCUT2D eigenvalue weighted by molar-refractivity contribution is 0.212. The number of hydrogen-bond donors (Lipinski definition) is 1. The van der Waals surface area contributed by atoms with Crippen molar-refractivity contribution in [2.75, 3.05) is 18.8 Å². The van der Waals surface area contributed by atoms with Crippen LogP contribution in [-0.4, -0.2) is 25.8 Å². The normalized spacial score (nSPS) is 24.8. The Morgan fingerprint density at radius 1 is 1.20 bits per heavy atom. The molecule has 112 valence electrons. The summed E-state index contributed by atoms with van der Waals surface area (Å²) < 4.78 is 27.3. The summed E-state index contributed by atoms with van der Waals surface area (Å²) in [6.07, 6.45) is 0.917. The van der Waals surface area contributed by atoms with Crippen LogP contribution in [0.2, 0.25) is 0 Å². The fourth-order valence-corrected chi connectivity index (χ4v) is 4.59. The number of piperidine rings is 1. The van der Waals surface area contributed by atoms with E-state index in [1.54, 1.807) is 10.4 Å². The van der Waals surface area contributed by atoms with Crippen LogP contribution in [0.5, 0.6) is 0 Å². The average molecular weight is 296 g/mol. The van der Waals surface area contributed by atoms with Gasteiger partial charge < -0.3 is 5.73 Å². The van der Waals surface area contributed by atoms with Gasteiger partial charge >= 0.3 is 0 Å². The first-order valence-corrected chi connectivity index (χ1v) is 8.54. The van der Waals surface area contributed by atoms with Gasteiger partial charge in [-0.1, -0.05) is 13.8 Å². The summed E-state index contributed by atoms with van der Waals surface area (Å²) >= 11 is 0. The van der Waals surface area contributed by atoms with Gasteiger partial charge in [0.2, 0.25) is 10.0 Å². The van der Waals surface area contributed by atoms with E-state index in [0.717, 1.165) is 17.5 Å². The Bertz CT molecular complexity index is 611. The standard InChI is InChI=1S/C15H24N2O2S/c1-10-5-6-17(9-12(10)3)20(18,19)15-8-14(16)7-11(2)13(15)4/h7-8,10,12H,5-6,9,16H2,1-4H3. The predicted octanol–water partition coefficient (Wildman–Crippen LogP) is 2.55. The molecule has 2 atom stereocenters. The molecule has 2 unspecified atom stereocenters. The molecule has 0 spiro atoms. The molecule has 4 nitrogen and oxygen atoms in total. The molecule has 2 rings (SSSR count). The molecule has 0 radical (unpaired) electrons. The van der Waals surface area contributed by atoms with Gasteiger partial charge in [0.25, 0.3) is 0 Å². The molecule has 0 aromatic heterocycles. The van der Waals surface area contributed by atoms with E-state index in [9.17, 15) is 8.42 Å². The monoisotopic (exact) mass is 296 g/mol. The maximum Gasteiger partial charge on any atom is 0.243 e. The highest BCUT2D eigenvalue weighted by atomic mass is 32.2. The Balaban J connectivity index is 2.41. The topological polar surface area (TPSA) is 63.4 Å². The number of aryl methyl sites for hydroxylation is 1. The molecule has 1 aliphatic rings. The SMILES string of the molecule is Cc1cc(N)cc(S(=O)(=O)N2CCC(C)C(C)C2)c1C. The third-order valence-corrected chi connectivity index (χ3v) is 6.55. The molecule has 1 saturated heterocycles. The number of anilines is 1. The van der Waals surface area contributed by atoms with Gasteiger partial charge in [-0.2, -0.15) is 4.31 Å². The lowest BCUT2D eigenvalue weighted by Crippen LogP contribution is -2.42. The van der Waals surface area contributed by atoms with Crippen LogP contribution in [0.4, 0.5) is 5.69 Å². The van der Waals surface area contributed by atoms with E-state index in [1.165, 1.54) is 0 Å². The molecule has 1 aromatic carbocycles. The number of benzene rings is 1. The van der Waals surface area contributed by atoms with Crippen LogP contribution in [0.25, 0.3) is 0 Å². The van der Waals surface area contributed by atoms with Crippen molar-refractivity contribution in [3.8, 4) is 0 Å². The Hall–Kier alpha value is -1.07. The second-order valence-electron chi connectivity index (χ2n) is 6.07. The minimum absolute atomic E-state index is 0.358. The zero-order valence-corrected chi connectivity index (χ0v) is 13.5. The van der Waals surface area contributed by atoms with Crippen LogP contribution in [-0.2, 0) is 10.0 Å². The lowest BCUT2D eigenvalue weighted by atomic mass is 9.90. The molecule has 0 saturated carbocycles. The van der Waals surface area contributed by atoms with Gasteiger partial charge in [-0.25, -0.2) is 8.42 Å². The highest BCUT2D eigenvalue weighted by Gasteiger charge is 2.32. The second-order valence-corrected chi connectivity index (χ2v) is 7.97. The highest BCUT2D eigenvalue weighted by Crippen LogP contribution is 2.30. The molecule has 0 aliphatic carbocycles. The molecule has 1 heterocycles. The van der Waals surface area contributed by atoms with Gasteiger partial charge in [0, 0.05) is 18.8 Å². The van der Waals surface area contributed by atoms with Crippen LogP contribution in [0.1, 0.15) is 31.4 Å². The molecule has 20 heavy (non-hydrogen) atoms. The van der Waals surface area contributed by atoms with Gasteiger partial charge in [-0.3, -0.25) is 0 Å². The van der Waals surface area contributed by atoms with E-state index >= 15 is 0 Å². The summed E-state index contributed by atoms with van der Waals surface area (Å²) in [4.78, 5) is 0.358. The molecule has 1 fully saturated rings. The smallest absolute Gasteiger partial charge is 0.243 e. The van der Waals surface area contributed by atoms with Crippen LogP contribution >= 0.6 is 0 Å². The maximum absolute atomic E-state index is 12.8. The summed E-state index contributed by atoms with van der Waals surface area (Å²) in [6.45, 7) is 9.23. The average Bonchev–Trinajstić information content (AvgIpc) is 2.36. The van der Waals surface area contributed by atoms with E-state index < -0.39 is 10.0 Å². The molecule has 2 N–H and O–H groups in total. The van der Waals surface area contributed by atoms with E-state index in [1.807, 2.05) is 19.9 Å². The third kappa shape index (κ3) is 2.69. The van der Waals surface area contributed by atoms with E-state index in [0.29, 0.717) is 35.5 Å². The number of nitrogens with two attached hydrogens (primary N) is 1. The van der Waals surface area contributed by atoms with Crippen molar-refractivity contribution >= 4 is 15.7 Å². The van der Waals surface area contributed by atoms with E-state index in [-0.39, 0.29) is 0 Å². The Kier molecular flexibility index (Phi) is 4.12. The minimum Gasteiger partial charge on any atom is -0.399 e.